The molecule has 0 fully saturated rings. The normalized spacial score (nSPS) is 20.6. The second-order valence-electron chi connectivity index (χ2n) is 7.44. The van der Waals surface area contributed by atoms with E-state index in [9.17, 15) is 0 Å². The highest BCUT2D eigenvalue weighted by atomic mass is 14.4. The molecular formula is C24H22. The molecule has 2 atom stereocenters. The number of rotatable bonds is 1. The molecular weight excluding hydrogens is 288 g/mol. The van der Waals surface area contributed by atoms with Gasteiger partial charge in [-0.25, -0.2) is 0 Å². The zero-order valence-electron chi connectivity index (χ0n) is 14.3. The first-order valence-corrected chi connectivity index (χ1v) is 9.03. The summed E-state index contributed by atoms with van der Waals surface area (Å²) in [6.45, 7) is 4.51. The molecule has 0 saturated heterocycles. The van der Waals surface area contributed by atoms with Gasteiger partial charge in [0.2, 0.25) is 0 Å². The Kier molecular flexibility index (Phi) is 2.97. The largest absolute Gasteiger partial charge is 0.0622 e. The first kappa shape index (κ1) is 14.0. The monoisotopic (exact) mass is 310 g/mol. The van der Waals surface area contributed by atoms with Crippen LogP contribution < -0.4 is 0 Å². The number of hydrogen-bond acceptors (Lipinski definition) is 0. The molecule has 0 bridgehead atoms. The van der Waals surface area contributed by atoms with E-state index >= 15 is 0 Å². The van der Waals surface area contributed by atoms with Gasteiger partial charge in [0.05, 0.1) is 0 Å². The molecule has 0 amide bonds. The van der Waals surface area contributed by atoms with Crippen LogP contribution in [-0.2, 0) is 0 Å². The van der Waals surface area contributed by atoms with Gasteiger partial charge < -0.3 is 0 Å². The van der Waals surface area contributed by atoms with Crippen molar-refractivity contribution in [1.29, 1.82) is 0 Å². The maximum Gasteiger partial charge on any atom is 0.0105 e. The fraction of sp³-hybridized carbons (Fsp3) is 0.250. The highest BCUT2D eigenvalue weighted by Gasteiger charge is 2.37. The van der Waals surface area contributed by atoms with Crippen LogP contribution >= 0.6 is 0 Å². The molecule has 0 aliphatic heterocycles. The molecule has 0 spiro atoms. The zero-order chi connectivity index (χ0) is 16.3. The van der Waals surface area contributed by atoms with Gasteiger partial charge in [-0.2, -0.15) is 0 Å². The zero-order valence-corrected chi connectivity index (χ0v) is 14.3. The minimum Gasteiger partial charge on any atom is -0.0622 e. The Balaban J connectivity index is 1.76. The fourth-order valence-electron chi connectivity index (χ4n) is 4.99. The molecule has 2 aliphatic rings. The molecule has 2 unspecified atom stereocenters. The average molecular weight is 310 g/mol. The van der Waals surface area contributed by atoms with Crippen LogP contribution in [-0.4, -0.2) is 0 Å². The van der Waals surface area contributed by atoms with Crippen molar-refractivity contribution in [3.63, 3.8) is 0 Å². The third kappa shape index (κ3) is 1.86. The fourth-order valence-corrected chi connectivity index (χ4v) is 4.99. The van der Waals surface area contributed by atoms with Crippen LogP contribution in [0.5, 0.6) is 0 Å². The molecule has 24 heavy (non-hydrogen) atoms. The maximum absolute atomic E-state index is 2.42. The Hall–Kier alpha value is -2.34. The topological polar surface area (TPSA) is 0 Å². The van der Waals surface area contributed by atoms with Gasteiger partial charge in [0.15, 0.2) is 0 Å². The van der Waals surface area contributed by atoms with Crippen LogP contribution in [0.25, 0.3) is 11.1 Å². The van der Waals surface area contributed by atoms with Gasteiger partial charge in [0.25, 0.3) is 0 Å². The average Bonchev–Trinajstić information content (AvgIpc) is 2.93. The van der Waals surface area contributed by atoms with E-state index in [-0.39, 0.29) is 0 Å². The minimum atomic E-state index is 0.549. The van der Waals surface area contributed by atoms with Crippen molar-refractivity contribution < 1.29 is 0 Å². The summed E-state index contributed by atoms with van der Waals surface area (Å²) >= 11 is 0. The summed E-state index contributed by atoms with van der Waals surface area (Å²) in [4.78, 5) is 0. The van der Waals surface area contributed by atoms with E-state index in [1.165, 1.54) is 40.7 Å². The Morgan fingerprint density at radius 3 is 2.29 bits per heavy atom. The predicted molar refractivity (Wildman–Crippen MR) is 101 cm³/mol. The maximum atomic E-state index is 2.42. The summed E-state index contributed by atoms with van der Waals surface area (Å²) in [5.41, 5.74) is 12.0. The number of fused-ring (bicyclic) bond motifs is 3. The van der Waals surface area contributed by atoms with Gasteiger partial charge in [0.1, 0.15) is 0 Å². The van der Waals surface area contributed by atoms with Crippen LogP contribution in [0, 0.1) is 13.8 Å². The van der Waals surface area contributed by atoms with E-state index in [1.807, 2.05) is 0 Å². The summed E-state index contributed by atoms with van der Waals surface area (Å²) < 4.78 is 0. The lowest BCUT2D eigenvalue weighted by atomic mass is 9.72. The third-order valence-electron chi connectivity index (χ3n) is 6.02. The summed E-state index contributed by atoms with van der Waals surface area (Å²) in [6.07, 6.45) is 2.51. The Morgan fingerprint density at radius 1 is 0.708 bits per heavy atom. The van der Waals surface area contributed by atoms with Crippen molar-refractivity contribution in [2.45, 2.75) is 38.5 Å². The van der Waals surface area contributed by atoms with E-state index in [0.29, 0.717) is 11.8 Å². The summed E-state index contributed by atoms with van der Waals surface area (Å²) in [7, 11) is 0. The standard InChI is InChI=1S/C24H22/c1-15-8-10-19-20-11-9-16(2)23-18(17-6-4-3-5-7-17)12-13-21(24(20)23)22(19)14-15/h3-11,14,18,21H,12-13H2,1-2H3. The van der Waals surface area contributed by atoms with Gasteiger partial charge in [-0.05, 0) is 65.6 Å². The van der Waals surface area contributed by atoms with E-state index in [4.69, 9.17) is 0 Å². The van der Waals surface area contributed by atoms with Crippen LogP contribution in [0.1, 0.15) is 58.1 Å². The first-order valence-electron chi connectivity index (χ1n) is 9.03. The molecule has 3 aromatic rings. The third-order valence-corrected chi connectivity index (χ3v) is 6.02. The first-order chi connectivity index (χ1) is 11.7. The number of hydrogen-bond donors (Lipinski definition) is 0. The molecule has 0 aromatic heterocycles. The van der Waals surface area contributed by atoms with Crippen molar-refractivity contribution in [2.24, 2.45) is 0 Å². The van der Waals surface area contributed by atoms with E-state index < -0.39 is 0 Å². The second kappa shape index (κ2) is 5.08. The van der Waals surface area contributed by atoms with Crippen molar-refractivity contribution in [3.8, 4) is 11.1 Å². The molecule has 118 valence electrons. The molecule has 0 heteroatoms. The van der Waals surface area contributed by atoms with Gasteiger partial charge in [-0.3, -0.25) is 0 Å². The number of benzene rings is 3. The molecule has 0 saturated carbocycles. The van der Waals surface area contributed by atoms with Crippen LogP contribution in [0.15, 0.2) is 60.7 Å². The minimum absolute atomic E-state index is 0.549. The van der Waals surface area contributed by atoms with Crippen molar-refractivity contribution >= 4 is 0 Å². The lowest BCUT2D eigenvalue weighted by molar-refractivity contribution is 0.571. The molecule has 0 radical (unpaired) electrons. The van der Waals surface area contributed by atoms with Crippen LogP contribution in [0.2, 0.25) is 0 Å². The summed E-state index contributed by atoms with van der Waals surface area (Å²) in [5.74, 6) is 1.15. The molecule has 2 aliphatic carbocycles. The van der Waals surface area contributed by atoms with E-state index in [0.717, 1.165) is 0 Å². The van der Waals surface area contributed by atoms with E-state index in [1.54, 1.807) is 16.7 Å². The molecule has 5 rings (SSSR count). The lowest BCUT2D eigenvalue weighted by Gasteiger charge is -2.32. The molecule has 0 nitrogen and oxygen atoms in total. The van der Waals surface area contributed by atoms with E-state index in [2.05, 4.69) is 74.5 Å². The Bertz CT molecular complexity index is 934. The Morgan fingerprint density at radius 2 is 1.46 bits per heavy atom. The molecule has 0 N–H and O–H groups in total. The predicted octanol–water partition coefficient (Wildman–Crippen LogP) is 6.34. The summed E-state index contributed by atoms with van der Waals surface area (Å²) in [6, 6.07) is 22.8. The van der Waals surface area contributed by atoms with Gasteiger partial charge in [-0.1, -0.05) is 66.2 Å². The molecule has 3 aromatic carbocycles. The molecule has 0 heterocycles. The van der Waals surface area contributed by atoms with Gasteiger partial charge in [-0.15, -0.1) is 0 Å². The Labute approximate surface area is 144 Å². The SMILES string of the molecule is Cc1ccc2c(c1)C1CCC(c3ccccc3)c3c(C)ccc-2c31. The highest BCUT2D eigenvalue weighted by molar-refractivity contribution is 5.82. The van der Waals surface area contributed by atoms with Gasteiger partial charge >= 0.3 is 0 Å². The summed E-state index contributed by atoms with van der Waals surface area (Å²) in [5, 5.41) is 0. The van der Waals surface area contributed by atoms with Crippen LogP contribution in [0.4, 0.5) is 0 Å². The van der Waals surface area contributed by atoms with Crippen molar-refractivity contribution in [3.05, 3.63) is 94.0 Å². The quantitative estimate of drug-likeness (QED) is 0.492. The number of aryl methyl sites for hydroxylation is 2. The second-order valence-corrected chi connectivity index (χ2v) is 7.44. The van der Waals surface area contributed by atoms with Crippen LogP contribution in [0.3, 0.4) is 0 Å². The van der Waals surface area contributed by atoms with Crippen molar-refractivity contribution in [1.82, 2.24) is 0 Å². The smallest absolute Gasteiger partial charge is 0.0105 e. The lowest BCUT2D eigenvalue weighted by Crippen LogP contribution is -2.16. The van der Waals surface area contributed by atoms with Crippen molar-refractivity contribution in [2.75, 3.05) is 0 Å². The van der Waals surface area contributed by atoms with Gasteiger partial charge in [0, 0.05) is 11.8 Å². The highest BCUT2D eigenvalue weighted by Crippen LogP contribution is 2.55.